The Balaban J connectivity index is 0.000000461. The Bertz CT molecular complexity index is 173. The molecule has 1 rings (SSSR count). The fourth-order valence-electron chi connectivity index (χ4n) is 0.559. The molecule has 0 aromatic heterocycles. The van der Waals surface area contributed by atoms with Crippen molar-refractivity contribution in [2.24, 2.45) is 0 Å². The molecule has 2 nitrogen and oxygen atoms in total. The highest BCUT2D eigenvalue weighted by molar-refractivity contribution is 9.10. The number of aromatic hydroxyl groups is 2. The quantitative estimate of drug-likeness (QED) is 0.704. The lowest BCUT2D eigenvalue weighted by Gasteiger charge is -1.93. The second-order valence-electron chi connectivity index (χ2n) is 1.67. The number of benzene rings is 1. The molecule has 0 amide bonds. The minimum Gasteiger partial charge on any atom is -0.508 e. The largest absolute Gasteiger partial charge is 0.508 e. The molecule has 3 heteroatoms. The summed E-state index contributed by atoms with van der Waals surface area (Å²) in [5.41, 5.74) is 0. The van der Waals surface area contributed by atoms with Crippen LogP contribution in [0.1, 0.15) is 13.8 Å². The van der Waals surface area contributed by atoms with Crippen LogP contribution in [0.3, 0.4) is 0 Å². The van der Waals surface area contributed by atoms with Gasteiger partial charge in [-0.1, -0.05) is 29.8 Å². The predicted molar refractivity (Wildman–Crippen MR) is 48.8 cm³/mol. The molecule has 1 aromatic carbocycles. The summed E-state index contributed by atoms with van der Waals surface area (Å²) in [7, 11) is 0. The Hall–Kier alpha value is -0.700. The molecule has 0 spiro atoms. The van der Waals surface area contributed by atoms with Crippen molar-refractivity contribution in [1.82, 2.24) is 0 Å². The zero-order valence-corrected chi connectivity index (χ0v) is 8.09. The Kier molecular flexibility index (Phi) is 4.70. The smallest absolute Gasteiger partial charge is 0.120 e. The van der Waals surface area contributed by atoms with Gasteiger partial charge in [-0.3, -0.25) is 0 Å². The van der Waals surface area contributed by atoms with E-state index in [0.29, 0.717) is 4.47 Å². The van der Waals surface area contributed by atoms with Crippen molar-refractivity contribution in [3.63, 3.8) is 0 Å². The van der Waals surface area contributed by atoms with E-state index >= 15 is 0 Å². The van der Waals surface area contributed by atoms with Gasteiger partial charge in [0.2, 0.25) is 0 Å². The zero-order valence-electron chi connectivity index (χ0n) is 6.50. The third kappa shape index (κ3) is 3.88. The molecule has 1 aromatic rings. The van der Waals surface area contributed by atoms with Gasteiger partial charge >= 0.3 is 0 Å². The Morgan fingerprint density at radius 1 is 1.00 bits per heavy atom. The summed E-state index contributed by atoms with van der Waals surface area (Å²) >= 11 is 3.09. The average Bonchev–Trinajstić information content (AvgIpc) is 1.88. The van der Waals surface area contributed by atoms with Gasteiger partial charge in [-0.15, -0.1) is 0 Å². The summed E-state index contributed by atoms with van der Waals surface area (Å²) in [6, 6.07) is 4.27. The number of hydrogen-bond acceptors (Lipinski definition) is 2. The number of rotatable bonds is 0. The van der Waals surface area contributed by atoms with Crippen LogP contribution in [0.2, 0.25) is 0 Å². The highest BCUT2D eigenvalue weighted by Crippen LogP contribution is 2.23. The molecule has 0 unspecified atom stereocenters. The molecule has 0 fully saturated rings. The third-order valence-corrected chi connectivity index (χ3v) is 1.33. The summed E-state index contributed by atoms with van der Waals surface area (Å²) in [5.74, 6) is 0.115. The Morgan fingerprint density at radius 3 is 1.64 bits per heavy atom. The van der Waals surface area contributed by atoms with E-state index < -0.39 is 0 Å². The van der Waals surface area contributed by atoms with E-state index in [2.05, 4.69) is 15.9 Å². The lowest BCUT2D eigenvalue weighted by atomic mass is 10.3. The van der Waals surface area contributed by atoms with Gasteiger partial charge in [0.1, 0.15) is 11.5 Å². The first-order valence-electron chi connectivity index (χ1n) is 3.37. The molecule has 0 saturated heterocycles. The van der Waals surface area contributed by atoms with Crippen LogP contribution in [0.5, 0.6) is 11.5 Å². The zero-order chi connectivity index (χ0) is 8.85. The molecule has 0 aliphatic heterocycles. The first kappa shape index (κ1) is 10.3. The van der Waals surface area contributed by atoms with Gasteiger partial charge < -0.3 is 10.2 Å². The van der Waals surface area contributed by atoms with Crippen molar-refractivity contribution in [2.45, 2.75) is 13.8 Å². The maximum Gasteiger partial charge on any atom is 0.120 e. The van der Waals surface area contributed by atoms with E-state index in [1.54, 1.807) is 0 Å². The van der Waals surface area contributed by atoms with Crippen LogP contribution in [0.15, 0.2) is 22.7 Å². The molecule has 0 aliphatic rings. The predicted octanol–water partition coefficient (Wildman–Crippen LogP) is 2.89. The number of halogens is 1. The maximum absolute atomic E-state index is 8.80. The van der Waals surface area contributed by atoms with E-state index in [-0.39, 0.29) is 11.5 Å². The molecule has 0 saturated carbocycles. The number of phenols is 2. The van der Waals surface area contributed by atoms with Crippen molar-refractivity contribution >= 4 is 15.9 Å². The second kappa shape index (κ2) is 5.02. The van der Waals surface area contributed by atoms with Crippen molar-refractivity contribution in [1.29, 1.82) is 0 Å². The minimum atomic E-state index is 0.0573. The van der Waals surface area contributed by atoms with Crippen LogP contribution < -0.4 is 0 Å². The van der Waals surface area contributed by atoms with Gasteiger partial charge in [-0.2, -0.15) is 0 Å². The summed E-state index contributed by atoms with van der Waals surface area (Å²) in [5, 5.41) is 17.6. The summed E-state index contributed by atoms with van der Waals surface area (Å²) < 4.78 is 0.667. The van der Waals surface area contributed by atoms with Crippen LogP contribution in [0, 0.1) is 0 Å². The Morgan fingerprint density at radius 2 is 1.36 bits per heavy atom. The van der Waals surface area contributed by atoms with Crippen LogP contribution >= 0.6 is 15.9 Å². The van der Waals surface area contributed by atoms with Crippen LogP contribution in [0.4, 0.5) is 0 Å². The van der Waals surface area contributed by atoms with E-state index in [0.717, 1.165) is 0 Å². The fraction of sp³-hybridized carbons (Fsp3) is 0.250. The first-order chi connectivity index (χ1) is 5.18. The average molecular weight is 219 g/mol. The monoisotopic (exact) mass is 218 g/mol. The van der Waals surface area contributed by atoms with Crippen molar-refractivity contribution in [3.05, 3.63) is 22.7 Å². The van der Waals surface area contributed by atoms with E-state index in [1.165, 1.54) is 18.2 Å². The lowest BCUT2D eigenvalue weighted by molar-refractivity contribution is 0.450. The van der Waals surface area contributed by atoms with Gasteiger partial charge in [0.05, 0.1) is 0 Å². The second-order valence-corrected chi connectivity index (χ2v) is 2.58. The molecular formula is C8H11BrO2. The summed E-state index contributed by atoms with van der Waals surface area (Å²) in [6.07, 6.45) is 0. The van der Waals surface area contributed by atoms with Crippen LogP contribution in [0.25, 0.3) is 0 Å². The lowest BCUT2D eigenvalue weighted by Crippen LogP contribution is -1.66. The van der Waals surface area contributed by atoms with Crippen LogP contribution in [-0.4, -0.2) is 10.2 Å². The van der Waals surface area contributed by atoms with Gasteiger partial charge in [-0.25, -0.2) is 0 Å². The topological polar surface area (TPSA) is 40.5 Å². The normalized spacial score (nSPS) is 8.27. The third-order valence-electron chi connectivity index (χ3n) is 0.867. The van der Waals surface area contributed by atoms with Gasteiger partial charge in [0.15, 0.2) is 0 Å². The van der Waals surface area contributed by atoms with Crippen molar-refractivity contribution in [2.75, 3.05) is 0 Å². The number of phenolic OH excluding ortho intramolecular Hbond substituents is 2. The van der Waals surface area contributed by atoms with Gasteiger partial charge in [0.25, 0.3) is 0 Å². The standard InChI is InChI=1S/C6H5BrO2.C2H6/c7-4-1-5(8)3-6(9)2-4;1-2/h1-3,8-9H;1-2H3. The molecule has 0 aliphatic carbocycles. The Labute approximate surface area is 74.6 Å². The van der Waals surface area contributed by atoms with E-state index in [1.807, 2.05) is 13.8 Å². The molecule has 0 atom stereocenters. The molecule has 11 heavy (non-hydrogen) atoms. The molecule has 2 N–H and O–H groups in total. The maximum atomic E-state index is 8.80. The first-order valence-corrected chi connectivity index (χ1v) is 4.16. The summed E-state index contributed by atoms with van der Waals surface area (Å²) in [4.78, 5) is 0. The van der Waals surface area contributed by atoms with Crippen molar-refractivity contribution in [3.8, 4) is 11.5 Å². The molecular weight excluding hydrogens is 208 g/mol. The summed E-state index contributed by atoms with van der Waals surface area (Å²) in [6.45, 7) is 4.00. The fourth-order valence-corrected chi connectivity index (χ4v) is 1.03. The highest BCUT2D eigenvalue weighted by Gasteiger charge is 1.93. The molecule has 0 bridgehead atoms. The molecule has 0 heterocycles. The minimum absolute atomic E-state index is 0.0573. The highest BCUT2D eigenvalue weighted by atomic mass is 79.9. The molecule has 62 valence electrons. The van der Waals surface area contributed by atoms with E-state index in [9.17, 15) is 0 Å². The molecule has 0 radical (unpaired) electrons. The van der Waals surface area contributed by atoms with Gasteiger partial charge in [-0.05, 0) is 12.1 Å². The number of hydrogen-bond donors (Lipinski definition) is 2. The SMILES string of the molecule is CC.Oc1cc(O)cc(Br)c1. The van der Waals surface area contributed by atoms with Crippen molar-refractivity contribution < 1.29 is 10.2 Å². The van der Waals surface area contributed by atoms with Crippen LogP contribution in [-0.2, 0) is 0 Å². The van der Waals surface area contributed by atoms with Gasteiger partial charge in [0, 0.05) is 10.5 Å². The van der Waals surface area contributed by atoms with E-state index in [4.69, 9.17) is 10.2 Å².